The molecule has 2 aromatic rings. The average Bonchev–Trinajstić information content (AvgIpc) is 2.77. The highest BCUT2D eigenvalue weighted by Crippen LogP contribution is 2.27. The number of aromatic nitrogens is 1. The number of nitrogens with zero attached hydrogens (tertiary/aromatic N) is 2. The van der Waals surface area contributed by atoms with Crippen LogP contribution in [0.25, 0.3) is 0 Å². The number of rotatable bonds is 3. The van der Waals surface area contributed by atoms with Crippen molar-refractivity contribution < 1.29 is 0 Å². The molecule has 2 rings (SSSR count). The van der Waals surface area contributed by atoms with Gasteiger partial charge in [-0.2, -0.15) is 0 Å². The fraction of sp³-hybridized carbons (Fsp3) is 0.250. The van der Waals surface area contributed by atoms with Crippen molar-refractivity contribution in [3.8, 4) is 0 Å². The zero-order chi connectivity index (χ0) is 11.5. The normalized spacial score (nSPS) is 10.4. The lowest BCUT2D eigenvalue weighted by Gasteiger charge is -2.15. The molecule has 84 valence electrons. The highest BCUT2D eigenvalue weighted by Gasteiger charge is 2.07. The van der Waals surface area contributed by atoms with Gasteiger partial charge in [-0.3, -0.25) is 0 Å². The number of aryl methyl sites for hydroxylation is 1. The van der Waals surface area contributed by atoms with E-state index in [1.807, 2.05) is 13.2 Å². The Balaban J connectivity index is 2.24. The van der Waals surface area contributed by atoms with Crippen molar-refractivity contribution in [2.24, 2.45) is 5.73 Å². The first kappa shape index (κ1) is 11.1. The van der Waals surface area contributed by atoms with E-state index in [0.29, 0.717) is 6.54 Å². The third kappa shape index (κ3) is 2.23. The van der Waals surface area contributed by atoms with Crippen LogP contribution in [0, 0.1) is 6.92 Å². The maximum atomic E-state index is 5.57. The standard InChI is InChI=1S/C12H15N3S/c1-9-3-5-10(6-4-9)15(2)12-14-8-11(7-13)16-12/h3-6,8H,7,13H2,1-2H3. The van der Waals surface area contributed by atoms with E-state index in [4.69, 9.17) is 5.73 Å². The summed E-state index contributed by atoms with van der Waals surface area (Å²) in [4.78, 5) is 7.53. The van der Waals surface area contributed by atoms with E-state index >= 15 is 0 Å². The lowest BCUT2D eigenvalue weighted by atomic mass is 10.2. The van der Waals surface area contributed by atoms with Crippen molar-refractivity contribution in [3.05, 3.63) is 40.9 Å². The van der Waals surface area contributed by atoms with Gasteiger partial charge in [-0.25, -0.2) is 4.98 Å². The summed E-state index contributed by atoms with van der Waals surface area (Å²) in [6.45, 7) is 2.64. The zero-order valence-corrected chi connectivity index (χ0v) is 10.3. The first-order chi connectivity index (χ1) is 7.70. The highest BCUT2D eigenvalue weighted by molar-refractivity contribution is 7.15. The van der Waals surface area contributed by atoms with E-state index in [1.54, 1.807) is 11.3 Å². The van der Waals surface area contributed by atoms with Crippen LogP contribution in [0.3, 0.4) is 0 Å². The minimum Gasteiger partial charge on any atom is -0.326 e. The summed E-state index contributed by atoms with van der Waals surface area (Å²) in [5.74, 6) is 0. The monoisotopic (exact) mass is 233 g/mol. The predicted molar refractivity (Wildman–Crippen MR) is 69.2 cm³/mol. The van der Waals surface area contributed by atoms with Crippen molar-refractivity contribution in [1.29, 1.82) is 0 Å². The van der Waals surface area contributed by atoms with Gasteiger partial charge in [0.15, 0.2) is 5.13 Å². The van der Waals surface area contributed by atoms with E-state index in [0.717, 1.165) is 15.7 Å². The van der Waals surface area contributed by atoms with Gasteiger partial charge in [-0.05, 0) is 19.1 Å². The fourth-order valence-electron chi connectivity index (χ4n) is 1.43. The second-order valence-corrected chi connectivity index (χ2v) is 4.80. The largest absolute Gasteiger partial charge is 0.326 e. The lowest BCUT2D eigenvalue weighted by molar-refractivity contribution is 1.09. The third-order valence-electron chi connectivity index (χ3n) is 2.45. The molecule has 0 aliphatic rings. The minimum absolute atomic E-state index is 0.555. The van der Waals surface area contributed by atoms with Gasteiger partial charge in [0.2, 0.25) is 0 Å². The molecule has 0 atom stereocenters. The summed E-state index contributed by atoms with van der Waals surface area (Å²) in [5.41, 5.74) is 7.98. The summed E-state index contributed by atoms with van der Waals surface area (Å²) in [6, 6.07) is 8.39. The number of nitrogens with two attached hydrogens (primary N) is 1. The van der Waals surface area contributed by atoms with Gasteiger partial charge in [0.1, 0.15) is 0 Å². The Bertz CT molecular complexity index is 461. The Morgan fingerprint density at radius 1 is 1.31 bits per heavy atom. The van der Waals surface area contributed by atoms with Crippen LogP contribution in [0.4, 0.5) is 10.8 Å². The van der Waals surface area contributed by atoms with Gasteiger partial charge in [0, 0.05) is 30.4 Å². The van der Waals surface area contributed by atoms with Crippen molar-refractivity contribution >= 4 is 22.2 Å². The molecular formula is C12H15N3S. The molecule has 16 heavy (non-hydrogen) atoms. The molecule has 0 amide bonds. The molecule has 3 nitrogen and oxygen atoms in total. The van der Waals surface area contributed by atoms with Crippen LogP contribution in [-0.4, -0.2) is 12.0 Å². The van der Waals surface area contributed by atoms with Crippen molar-refractivity contribution in [3.63, 3.8) is 0 Å². The SMILES string of the molecule is Cc1ccc(N(C)c2ncc(CN)s2)cc1. The maximum absolute atomic E-state index is 5.57. The van der Waals surface area contributed by atoms with E-state index < -0.39 is 0 Å². The summed E-state index contributed by atoms with van der Waals surface area (Å²) in [6.07, 6.45) is 1.84. The Morgan fingerprint density at radius 3 is 2.56 bits per heavy atom. The lowest BCUT2D eigenvalue weighted by Crippen LogP contribution is -2.08. The summed E-state index contributed by atoms with van der Waals surface area (Å²) < 4.78 is 0. The highest BCUT2D eigenvalue weighted by atomic mass is 32.1. The quantitative estimate of drug-likeness (QED) is 0.886. The predicted octanol–water partition coefficient (Wildman–Crippen LogP) is 2.68. The van der Waals surface area contributed by atoms with Crippen LogP contribution < -0.4 is 10.6 Å². The molecule has 0 aliphatic carbocycles. The van der Waals surface area contributed by atoms with E-state index in [1.165, 1.54) is 5.56 Å². The maximum Gasteiger partial charge on any atom is 0.189 e. The zero-order valence-electron chi connectivity index (χ0n) is 9.47. The Labute approximate surface area is 99.5 Å². The van der Waals surface area contributed by atoms with Gasteiger partial charge < -0.3 is 10.6 Å². The molecule has 0 saturated carbocycles. The van der Waals surface area contributed by atoms with Crippen LogP contribution >= 0.6 is 11.3 Å². The molecule has 0 aliphatic heterocycles. The molecule has 4 heteroatoms. The van der Waals surface area contributed by atoms with Gasteiger partial charge >= 0.3 is 0 Å². The molecule has 0 unspecified atom stereocenters. The van der Waals surface area contributed by atoms with Crippen molar-refractivity contribution in [2.75, 3.05) is 11.9 Å². The summed E-state index contributed by atoms with van der Waals surface area (Å²) in [5, 5.41) is 0.976. The van der Waals surface area contributed by atoms with Gasteiger partial charge in [-0.1, -0.05) is 17.7 Å². The Hall–Kier alpha value is -1.39. The smallest absolute Gasteiger partial charge is 0.189 e. The summed E-state index contributed by atoms with van der Waals surface area (Å²) in [7, 11) is 2.02. The molecule has 1 aromatic heterocycles. The van der Waals surface area contributed by atoms with Crippen LogP contribution in [0.2, 0.25) is 0 Å². The van der Waals surface area contributed by atoms with Gasteiger partial charge in [0.25, 0.3) is 0 Å². The van der Waals surface area contributed by atoms with Gasteiger partial charge in [-0.15, -0.1) is 11.3 Å². The van der Waals surface area contributed by atoms with Crippen LogP contribution in [0.15, 0.2) is 30.5 Å². The molecule has 0 fully saturated rings. The number of hydrogen-bond donors (Lipinski definition) is 1. The third-order valence-corrected chi connectivity index (χ3v) is 3.55. The van der Waals surface area contributed by atoms with Crippen LogP contribution in [0.5, 0.6) is 0 Å². The fourth-order valence-corrected chi connectivity index (χ4v) is 2.20. The Morgan fingerprint density at radius 2 is 2.00 bits per heavy atom. The molecule has 0 saturated heterocycles. The molecule has 0 radical (unpaired) electrons. The second kappa shape index (κ2) is 4.63. The summed E-state index contributed by atoms with van der Waals surface area (Å²) >= 11 is 1.63. The number of thiazole rings is 1. The minimum atomic E-state index is 0.555. The number of hydrogen-bond acceptors (Lipinski definition) is 4. The van der Waals surface area contributed by atoms with Crippen LogP contribution in [0.1, 0.15) is 10.4 Å². The number of anilines is 2. The second-order valence-electron chi connectivity index (χ2n) is 3.71. The number of benzene rings is 1. The van der Waals surface area contributed by atoms with Gasteiger partial charge in [0.05, 0.1) is 0 Å². The average molecular weight is 233 g/mol. The van der Waals surface area contributed by atoms with E-state index in [2.05, 4.69) is 41.1 Å². The molecule has 0 bridgehead atoms. The van der Waals surface area contributed by atoms with Crippen molar-refractivity contribution in [1.82, 2.24) is 4.98 Å². The van der Waals surface area contributed by atoms with Crippen LogP contribution in [-0.2, 0) is 6.54 Å². The first-order valence-corrected chi connectivity index (χ1v) is 5.97. The molecule has 1 heterocycles. The Kier molecular flexibility index (Phi) is 3.22. The molecule has 1 aromatic carbocycles. The van der Waals surface area contributed by atoms with E-state index in [-0.39, 0.29) is 0 Å². The molecule has 2 N–H and O–H groups in total. The molecular weight excluding hydrogens is 218 g/mol. The first-order valence-electron chi connectivity index (χ1n) is 5.16. The van der Waals surface area contributed by atoms with E-state index in [9.17, 15) is 0 Å². The van der Waals surface area contributed by atoms with Crippen molar-refractivity contribution in [2.45, 2.75) is 13.5 Å². The molecule has 0 spiro atoms. The topological polar surface area (TPSA) is 42.2 Å².